The van der Waals surface area contributed by atoms with E-state index in [1.54, 1.807) is 20.8 Å². The molecule has 0 aromatic heterocycles. The predicted molar refractivity (Wildman–Crippen MR) is 66.3 cm³/mol. The Morgan fingerprint density at radius 2 is 1.75 bits per heavy atom. The first-order valence-corrected chi connectivity index (χ1v) is 6.11. The topological polar surface area (TPSA) is 113 Å². The van der Waals surface area contributed by atoms with Gasteiger partial charge in [0.2, 0.25) is 5.41 Å². The quantitative estimate of drug-likeness (QED) is 0.708. The van der Waals surface area contributed by atoms with Crippen molar-refractivity contribution in [2.45, 2.75) is 26.4 Å². The van der Waals surface area contributed by atoms with E-state index in [4.69, 9.17) is 9.47 Å². The number of carbonyl (C=O) groups excluding carboxylic acids is 1. The van der Waals surface area contributed by atoms with Gasteiger partial charge < -0.3 is 24.6 Å². The second kappa shape index (κ2) is 5.66. The van der Waals surface area contributed by atoms with E-state index >= 15 is 0 Å². The molecule has 1 fully saturated rings. The predicted octanol–water partition coefficient (Wildman–Crippen LogP) is 0.409. The van der Waals surface area contributed by atoms with Gasteiger partial charge in [-0.1, -0.05) is 0 Å². The van der Waals surface area contributed by atoms with Crippen LogP contribution in [0.1, 0.15) is 20.8 Å². The summed E-state index contributed by atoms with van der Waals surface area (Å²) in [5, 5.41) is 18.4. The fraction of sp³-hybridized carbons (Fsp3) is 0.750. The Bertz CT molecular complexity index is 399. The first kappa shape index (κ1) is 16.2. The zero-order chi connectivity index (χ0) is 15.6. The summed E-state index contributed by atoms with van der Waals surface area (Å²) >= 11 is 0. The first-order valence-electron chi connectivity index (χ1n) is 6.11. The summed E-state index contributed by atoms with van der Waals surface area (Å²) in [5.74, 6) is -3.08. The van der Waals surface area contributed by atoms with Crippen molar-refractivity contribution < 1.29 is 34.1 Å². The molecule has 8 nitrogen and oxygen atoms in total. The van der Waals surface area contributed by atoms with E-state index in [-0.39, 0.29) is 13.2 Å². The number of rotatable bonds is 2. The van der Waals surface area contributed by atoms with Crippen molar-refractivity contribution in [1.82, 2.24) is 4.90 Å². The lowest BCUT2D eigenvalue weighted by Crippen LogP contribution is -2.52. The molecule has 0 radical (unpaired) electrons. The minimum absolute atomic E-state index is 0.0571. The zero-order valence-electron chi connectivity index (χ0n) is 11.7. The summed E-state index contributed by atoms with van der Waals surface area (Å²) in [6.45, 7) is 4.16. The second-order valence-electron chi connectivity index (χ2n) is 5.65. The van der Waals surface area contributed by atoms with Crippen LogP contribution >= 0.6 is 0 Å². The molecule has 1 amide bonds. The van der Waals surface area contributed by atoms with E-state index in [1.807, 2.05) is 0 Å². The minimum atomic E-state index is -2.17. The van der Waals surface area contributed by atoms with Crippen LogP contribution < -0.4 is 0 Å². The maximum atomic E-state index is 12.0. The van der Waals surface area contributed by atoms with Crippen LogP contribution in [0.2, 0.25) is 0 Å². The largest absolute Gasteiger partial charge is 0.480 e. The van der Waals surface area contributed by atoms with Crippen molar-refractivity contribution in [3.8, 4) is 0 Å². The molecule has 0 aliphatic carbocycles. The summed E-state index contributed by atoms with van der Waals surface area (Å²) in [6.07, 6.45) is -0.755. The fourth-order valence-corrected chi connectivity index (χ4v) is 1.70. The summed E-state index contributed by atoms with van der Waals surface area (Å²) in [7, 11) is 0. The van der Waals surface area contributed by atoms with Crippen LogP contribution in [0.4, 0.5) is 4.79 Å². The van der Waals surface area contributed by atoms with Crippen molar-refractivity contribution in [2.75, 3.05) is 26.3 Å². The maximum Gasteiger partial charge on any atom is 0.410 e. The molecule has 1 aliphatic rings. The highest BCUT2D eigenvalue weighted by Crippen LogP contribution is 2.24. The SMILES string of the molecule is CC(C)(C)OC(=O)N1CCOCC(C(=O)O)(C(=O)O)C1. The Labute approximate surface area is 116 Å². The van der Waals surface area contributed by atoms with Gasteiger partial charge in [0.05, 0.1) is 19.8 Å². The molecule has 1 rings (SSSR count). The molecule has 0 atom stereocenters. The van der Waals surface area contributed by atoms with Gasteiger partial charge in [0.1, 0.15) is 5.60 Å². The van der Waals surface area contributed by atoms with Crippen LogP contribution in [0.25, 0.3) is 0 Å². The lowest BCUT2D eigenvalue weighted by Gasteiger charge is -2.30. The molecule has 20 heavy (non-hydrogen) atoms. The molecule has 0 unspecified atom stereocenters. The first-order chi connectivity index (χ1) is 9.08. The molecule has 0 aromatic rings. The fourth-order valence-electron chi connectivity index (χ4n) is 1.70. The van der Waals surface area contributed by atoms with Gasteiger partial charge in [-0.05, 0) is 20.8 Å². The molecule has 0 saturated carbocycles. The molecular weight excluding hydrogens is 270 g/mol. The Morgan fingerprint density at radius 1 is 1.20 bits per heavy atom. The molecule has 1 aliphatic heterocycles. The van der Waals surface area contributed by atoms with Crippen molar-refractivity contribution in [1.29, 1.82) is 0 Å². The number of carboxylic acids is 2. The summed E-state index contributed by atoms with van der Waals surface area (Å²) in [6, 6.07) is 0. The third-order valence-electron chi connectivity index (χ3n) is 2.79. The number of carbonyl (C=O) groups is 3. The third kappa shape index (κ3) is 3.60. The van der Waals surface area contributed by atoms with Crippen LogP contribution in [0.5, 0.6) is 0 Å². The van der Waals surface area contributed by atoms with E-state index in [2.05, 4.69) is 0 Å². The average Bonchev–Trinajstić information content (AvgIpc) is 2.49. The third-order valence-corrected chi connectivity index (χ3v) is 2.79. The van der Waals surface area contributed by atoms with Crippen molar-refractivity contribution in [2.24, 2.45) is 5.41 Å². The van der Waals surface area contributed by atoms with Gasteiger partial charge in [-0.2, -0.15) is 0 Å². The van der Waals surface area contributed by atoms with Gasteiger partial charge in [-0.3, -0.25) is 9.59 Å². The van der Waals surface area contributed by atoms with Crippen LogP contribution in [-0.4, -0.2) is 65.0 Å². The molecule has 0 bridgehead atoms. The standard InChI is InChI=1S/C12H19NO7/c1-11(2,3)20-10(18)13-4-5-19-7-12(6-13,8(14)15)9(16)17/h4-7H2,1-3H3,(H,14,15)(H,16,17). The Balaban J connectivity index is 2.96. The monoisotopic (exact) mass is 289 g/mol. The van der Waals surface area contributed by atoms with Crippen LogP contribution in [-0.2, 0) is 19.1 Å². The normalized spacial score (nSPS) is 19.1. The van der Waals surface area contributed by atoms with Gasteiger partial charge in [-0.15, -0.1) is 0 Å². The van der Waals surface area contributed by atoms with E-state index < -0.39 is 42.2 Å². The highest BCUT2D eigenvalue weighted by atomic mass is 16.6. The summed E-state index contributed by atoms with van der Waals surface area (Å²) < 4.78 is 10.2. The maximum absolute atomic E-state index is 12.0. The van der Waals surface area contributed by atoms with Crippen LogP contribution in [0.15, 0.2) is 0 Å². The zero-order valence-corrected chi connectivity index (χ0v) is 11.7. The molecule has 1 saturated heterocycles. The molecule has 0 aromatic carbocycles. The smallest absolute Gasteiger partial charge is 0.410 e. The van der Waals surface area contributed by atoms with Gasteiger partial charge in [-0.25, -0.2) is 4.79 Å². The van der Waals surface area contributed by atoms with Gasteiger partial charge in [0, 0.05) is 6.54 Å². The van der Waals surface area contributed by atoms with Crippen molar-refractivity contribution >= 4 is 18.0 Å². The highest BCUT2D eigenvalue weighted by Gasteiger charge is 2.50. The Kier molecular flexibility index (Phi) is 4.59. The number of carboxylic acid groups (broad SMARTS) is 2. The lowest BCUT2D eigenvalue weighted by molar-refractivity contribution is -0.168. The number of hydrogen-bond acceptors (Lipinski definition) is 5. The lowest BCUT2D eigenvalue weighted by atomic mass is 9.89. The van der Waals surface area contributed by atoms with Crippen molar-refractivity contribution in [3.63, 3.8) is 0 Å². The number of hydrogen-bond donors (Lipinski definition) is 2. The minimum Gasteiger partial charge on any atom is -0.480 e. The van der Waals surface area contributed by atoms with E-state index in [0.29, 0.717) is 0 Å². The molecule has 1 heterocycles. The van der Waals surface area contributed by atoms with Crippen LogP contribution in [0.3, 0.4) is 0 Å². The van der Waals surface area contributed by atoms with E-state index in [1.165, 1.54) is 0 Å². The average molecular weight is 289 g/mol. The van der Waals surface area contributed by atoms with E-state index in [0.717, 1.165) is 4.90 Å². The number of ether oxygens (including phenoxy) is 2. The molecule has 0 spiro atoms. The second-order valence-corrected chi connectivity index (χ2v) is 5.65. The molecular formula is C12H19NO7. The molecule has 2 N–H and O–H groups in total. The summed E-state index contributed by atoms with van der Waals surface area (Å²) in [4.78, 5) is 35.6. The Morgan fingerprint density at radius 3 is 2.20 bits per heavy atom. The molecule has 114 valence electrons. The Hall–Kier alpha value is -1.83. The summed E-state index contributed by atoms with van der Waals surface area (Å²) in [5.41, 5.74) is -2.92. The number of amides is 1. The number of aliphatic carboxylic acids is 2. The van der Waals surface area contributed by atoms with E-state index in [9.17, 15) is 24.6 Å². The number of nitrogens with zero attached hydrogens (tertiary/aromatic N) is 1. The van der Waals surface area contributed by atoms with Gasteiger partial charge >= 0.3 is 18.0 Å². The van der Waals surface area contributed by atoms with Crippen LogP contribution in [0, 0.1) is 5.41 Å². The van der Waals surface area contributed by atoms with Gasteiger partial charge in [0.25, 0.3) is 0 Å². The van der Waals surface area contributed by atoms with Crippen molar-refractivity contribution in [3.05, 3.63) is 0 Å². The highest BCUT2D eigenvalue weighted by molar-refractivity contribution is 5.99. The van der Waals surface area contributed by atoms with Gasteiger partial charge in [0.15, 0.2) is 0 Å². The molecule has 8 heteroatoms.